The molecule has 0 aromatic carbocycles. The lowest BCUT2D eigenvalue weighted by Gasteiger charge is -2.10. The van der Waals surface area contributed by atoms with Crippen molar-refractivity contribution >= 4 is 5.91 Å². The predicted molar refractivity (Wildman–Crippen MR) is 62.8 cm³/mol. The van der Waals surface area contributed by atoms with Crippen LogP contribution in [-0.2, 0) is 11.2 Å². The van der Waals surface area contributed by atoms with Gasteiger partial charge in [0.15, 0.2) is 0 Å². The van der Waals surface area contributed by atoms with E-state index in [1.54, 1.807) is 12.4 Å². The Kier molecular flexibility index (Phi) is 5.56. The second-order valence-corrected chi connectivity index (χ2v) is 3.83. The van der Waals surface area contributed by atoms with Crippen LogP contribution < -0.4 is 11.1 Å². The minimum absolute atomic E-state index is 0.0544. The van der Waals surface area contributed by atoms with Crippen molar-refractivity contribution in [1.29, 1.82) is 0 Å². The number of rotatable bonds is 7. The van der Waals surface area contributed by atoms with Gasteiger partial charge in [-0.25, -0.2) is 4.98 Å². The van der Waals surface area contributed by atoms with Gasteiger partial charge in [-0.2, -0.15) is 0 Å². The summed E-state index contributed by atoms with van der Waals surface area (Å²) < 4.78 is 0. The number of aryl methyl sites for hydroxylation is 1. The van der Waals surface area contributed by atoms with E-state index in [1.165, 1.54) is 0 Å². The fourth-order valence-corrected chi connectivity index (χ4v) is 1.48. The molecule has 1 heterocycles. The number of carbonyl (C=O) groups is 1. The molecule has 0 fully saturated rings. The summed E-state index contributed by atoms with van der Waals surface area (Å²) in [6.45, 7) is 2.67. The van der Waals surface area contributed by atoms with E-state index in [-0.39, 0.29) is 11.9 Å². The maximum absolute atomic E-state index is 11.4. The number of amides is 1. The Morgan fingerprint density at radius 2 is 2.50 bits per heavy atom. The van der Waals surface area contributed by atoms with Crippen molar-refractivity contribution in [3.05, 3.63) is 18.2 Å². The quantitative estimate of drug-likeness (QED) is 0.592. The average molecular weight is 224 g/mol. The van der Waals surface area contributed by atoms with E-state index in [2.05, 4.69) is 15.3 Å². The topological polar surface area (TPSA) is 83.8 Å². The zero-order valence-electron chi connectivity index (χ0n) is 9.70. The fourth-order valence-electron chi connectivity index (χ4n) is 1.48. The normalized spacial score (nSPS) is 12.4. The lowest BCUT2D eigenvalue weighted by atomic mass is 10.1. The number of imidazole rings is 1. The SMILES string of the molecule is CCC[C@H](N)C(=O)NCCCc1ncc[nH]1. The maximum atomic E-state index is 11.4. The van der Waals surface area contributed by atoms with Crippen LogP contribution in [0.1, 0.15) is 32.0 Å². The van der Waals surface area contributed by atoms with Gasteiger partial charge in [0.1, 0.15) is 5.82 Å². The van der Waals surface area contributed by atoms with E-state index in [0.717, 1.165) is 31.5 Å². The summed E-state index contributed by atoms with van der Waals surface area (Å²) in [5, 5.41) is 2.82. The van der Waals surface area contributed by atoms with Crippen molar-refractivity contribution in [3.63, 3.8) is 0 Å². The molecule has 0 bridgehead atoms. The number of carbonyl (C=O) groups excluding carboxylic acids is 1. The highest BCUT2D eigenvalue weighted by Crippen LogP contribution is 1.95. The van der Waals surface area contributed by atoms with Crippen molar-refractivity contribution in [2.75, 3.05) is 6.54 Å². The Balaban J connectivity index is 2.08. The lowest BCUT2D eigenvalue weighted by molar-refractivity contribution is -0.122. The van der Waals surface area contributed by atoms with Crippen LogP contribution >= 0.6 is 0 Å². The van der Waals surface area contributed by atoms with Crippen molar-refractivity contribution in [2.45, 2.75) is 38.6 Å². The molecule has 1 aromatic rings. The van der Waals surface area contributed by atoms with Gasteiger partial charge in [0.05, 0.1) is 6.04 Å². The first-order chi connectivity index (χ1) is 7.74. The summed E-state index contributed by atoms with van der Waals surface area (Å²) >= 11 is 0. The molecule has 0 radical (unpaired) electrons. The largest absolute Gasteiger partial charge is 0.355 e. The van der Waals surface area contributed by atoms with Crippen LogP contribution in [0.4, 0.5) is 0 Å². The zero-order chi connectivity index (χ0) is 11.8. The summed E-state index contributed by atoms with van der Waals surface area (Å²) in [6, 6.07) is -0.367. The summed E-state index contributed by atoms with van der Waals surface area (Å²) in [7, 11) is 0. The van der Waals surface area contributed by atoms with Crippen molar-refractivity contribution in [2.24, 2.45) is 5.73 Å². The van der Waals surface area contributed by atoms with Crippen LogP contribution in [0.2, 0.25) is 0 Å². The number of nitrogens with two attached hydrogens (primary N) is 1. The van der Waals surface area contributed by atoms with Gasteiger partial charge in [-0.3, -0.25) is 4.79 Å². The first-order valence-corrected chi connectivity index (χ1v) is 5.75. The summed E-state index contributed by atoms with van der Waals surface area (Å²) in [5.74, 6) is 0.897. The van der Waals surface area contributed by atoms with Crippen molar-refractivity contribution in [1.82, 2.24) is 15.3 Å². The third-order valence-electron chi connectivity index (χ3n) is 2.38. The monoisotopic (exact) mass is 224 g/mol. The van der Waals surface area contributed by atoms with Crippen LogP contribution in [-0.4, -0.2) is 28.5 Å². The molecular weight excluding hydrogens is 204 g/mol. The second kappa shape index (κ2) is 7.00. The van der Waals surface area contributed by atoms with Gasteiger partial charge < -0.3 is 16.0 Å². The van der Waals surface area contributed by atoms with Gasteiger partial charge in [0.25, 0.3) is 0 Å². The second-order valence-electron chi connectivity index (χ2n) is 3.83. The Bertz CT molecular complexity index is 297. The Labute approximate surface area is 95.8 Å². The average Bonchev–Trinajstić information content (AvgIpc) is 2.77. The maximum Gasteiger partial charge on any atom is 0.236 e. The van der Waals surface area contributed by atoms with Crippen LogP contribution in [0.5, 0.6) is 0 Å². The number of hydrogen-bond donors (Lipinski definition) is 3. The van der Waals surface area contributed by atoms with Gasteiger partial charge in [-0.15, -0.1) is 0 Å². The molecule has 1 rings (SSSR count). The third kappa shape index (κ3) is 4.44. The first-order valence-electron chi connectivity index (χ1n) is 5.75. The van der Waals surface area contributed by atoms with E-state index < -0.39 is 0 Å². The Morgan fingerprint density at radius 3 is 3.12 bits per heavy atom. The highest BCUT2D eigenvalue weighted by molar-refractivity contribution is 5.81. The minimum atomic E-state index is -0.367. The Hall–Kier alpha value is -1.36. The molecule has 16 heavy (non-hydrogen) atoms. The van der Waals surface area contributed by atoms with Crippen molar-refractivity contribution in [3.8, 4) is 0 Å². The molecule has 0 unspecified atom stereocenters. The number of nitrogens with zero attached hydrogens (tertiary/aromatic N) is 1. The van der Waals surface area contributed by atoms with E-state index in [4.69, 9.17) is 5.73 Å². The molecule has 0 aliphatic rings. The molecule has 4 N–H and O–H groups in total. The molecule has 0 saturated carbocycles. The van der Waals surface area contributed by atoms with Crippen LogP contribution in [0.25, 0.3) is 0 Å². The molecule has 0 saturated heterocycles. The van der Waals surface area contributed by atoms with Crippen LogP contribution in [0.3, 0.4) is 0 Å². The number of H-pyrrole nitrogens is 1. The van der Waals surface area contributed by atoms with Crippen LogP contribution in [0, 0.1) is 0 Å². The molecule has 0 spiro atoms. The highest BCUT2D eigenvalue weighted by atomic mass is 16.2. The van der Waals surface area contributed by atoms with Crippen LogP contribution in [0.15, 0.2) is 12.4 Å². The number of aromatic amines is 1. The van der Waals surface area contributed by atoms with E-state index >= 15 is 0 Å². The van der Waals surface area contributed by atoms with Crippen molar-refractivity contribution < 1.29 is 4.79 Å². The van der Waals surface area contributed by atoms with Gasteiger partial charge in [0, 0.05) is 25.4 Å². The third-order valence-corrected chi connectivity index (χ3v) is 2.38. The summed E-state index contributed by atoms with van der Waals surface area (Å²) in [4.78, 5) is 18.6. The number of hydrogen-bond acceptors (Lipinski definition) is 3. The van der Waals surface area contributed by atoms with E-state index in [1.807, 2.05) is 6.92 Å². The van der Waals surface area contributed by atoms with Gasteiger partial charge in [-0.05, 0) is 12.8 Å². The summed E-state index contributed by atoms with van der Waals surface area (Å²) in [5.41, 5.74) is 5.67. The number of aromatic nitrogens is 2. The van der Waals surface area contributed by atoms with Gasteiger partial charge in [-0.1, -0.05) is 13.3 Å². The standard InChI is InChI=1S/C11H20N4O/c1-2-4-9(12)11(16)15-6-3-5-10-13-7-8-14-10/h7-9H,2-6,12H2,1H3,(H,13,14)(H,15,16)/t9-/m0/s1. The predicted octanol–water partition coefficient (Wildman–Crippen LogP) is 0.586. The molecule has 1 amide bonds. The Morgan fingerprint density at radius 1 is 1.69 bits per heavy atom. The molecule has 0 aliphatic carbocycles. The van der Waals surface area contributed by atoms with Gasteiger partial charge >= 0.3 is 0 Å². The van der Waals surface area contributed by atoms with E-state index in [9.17, 15) is 4.79 Å². The smallest absolute Gasteiger partial charge is 0.236 e. The molecule has 1 atom stereocenters. The number of nitrogens with one attached hydrogen (secondary N) is 2. The van der Waals surface area contributed by atoms with Gasteiger partial charge in [0.2, 0.25) is 5.91 Å². The molecule has 1 aromatic heterocycles. The fraction of sp³-hybridized carbons (Fsp3) is 0.636. The highest BCUT2D eigenvalue weighted by Gasteiger charge is 2.10. The zero-order valence-corrected chi connectivity index (χ0v) is 9.70. The molecule has 5 heteroatoms. The molecule has 5 nitrogen and oxygen atoms in total. The summed E-state index contributed by atoms with van der Waals surface area (Å²) in [6.07, 6.45) is 6.91. The lowest BCUT2D eigenvalue weighted by Crippen LogP contribution is -2.40. The van der Waals surface area contributed by atoms with E-state index in [0.29, 0.717) is 6.54 Å². The molecule has 0 aliphatic heterocycles. The molecule has 90 valence electrons. The molecular formula is C11H20N4O. The first kappa shape index (κ1) is 12.7. The minimum Gasteiger partial charge on any atom is -0.355 e.